The van der Waals surface area contributed by atoms with Gasteiger partial charge in [-0.3, -0.25) is 0 Å². The van der Waals surface area contributed by atoms with Gasteiger partial charge >= 0.3 is 0 Å². The number of hydrogen-bond acceptors (Lipinski definition) is 5. The molecule has 0 amide bonds. The topological polar surface area (TPSA) is 52.5 Å². The highest BCUT2D eigenvalue weighted by Gasteiger charge is 2.30. The van der Waals surface area contributed by atoms with Crippen LogP contribution in [0.25, 0.3) is 0 Å². The van der Waals surface area contributed by atoms with Gasteiger partial charge in [-0.1, -0.05) is 30.3 Å². The van der Waals surface area contributed by atoms with Crippen molar-refractivity contribution in [2.75, 3.05) is 37.6 Å². The lowest BCUT2D eigenvalue weighted by atomic mass is 9.80. The van der Waals surface area contributed by atoms with Gasteiger partial charge in [0.1, 0.15) is 12.1 Å². The Kier molecular flexibility index (Phi) is 6.00. The molecule has 0 bridgehead atoms. The summed E-state index contributed by atoms with van der Waals surface area (Å²) in [5.74, 6) is 1.45. The van der Waals surface area contributed by atoms with Crippen molar-refractivity contribution in [3.05, 3.63) is 54.0 Å². The summed E-state index contributed by atoms with van der Waals surface area (Å²) in [6, 6.07) is 12.9. The zero-order valence-electron chi connectivity index (χ0n) is 16.0. The standard InChI is InChI=1S/C22H30N4O/c27-20-14-19(15-20)21-16-22(24-17-23-21)26-11-5-10-25(12-13-26)9-4-8-18-6-2-1-3-7-18/h1-3,6-7,16-17,19-20,27H,4-5,8-15H2. The fourth-order valence-corrected chi connectivity index (χ4v) is 4.16. The first-order chi connectivity index (χ1) is 13.3. The smallest absolute Gasteiger partial charge is 0.132 e. The second-order valence-electron chi connectivity index (χ2n) is 7.89. The molecule has 4 rings (SSSR count). The van der Waals surface area contributed by atoms with Crippen molar-refractivity contribution >= 4 is 5.82 Å². The van der Waals surface area contributed by atoms with Gasteiger partial charge in [0, 0.05) is 37.3 Å². The third-order valence-electron chi connectivity index (χ3n) is 5.90. The van der Waals surface area contributed by atoms with Crippen molar-refractivity contribution in [1.29, 1.82) is 0 Å². The summed E-state index contributed by atoms with van der Waals surface area (Å²) >= 11 is 0. The molecule has 0 radical (unpaired) electrons. The second-order valence-corrected chi connectivity index (χ2v) is 7.89. The van der Waals surface area contributed by atoms with E-state index in [4.69, 9.17) is 0 Å². The molecule has 144 valence electrons. The van der Waals surface area contributed by atoms with Crippen molar-refractivity contribution in [3.8, 4) is 0 Å². The van der Waals surface area contributed by atoms with Gasteiger partial charge in [-0.2, -0.15) is 0 Å². The number of aliphatic hydroxyl groups is 1. The Morgan fingerprint density at radius 3 is 2.67 bits per heavy atom. The van der Waals surface area contributed by atoms with Crippen molar-refractivity contribution in [2.24, 2.45) is 0 Å². The minimum absolute atomic E-state index is 0.143. The zero-order chi connectivity index (χ0) is 18.5. The van der Waals surface area contributed by atoms with Crippen LogP contribution < -0.4 is 4.90 Å². The minimum Gasteiger partial charge on any atom is -0.393 e. The van der Waals surface area contributed by atoms with Gasteiger partial charge in [0.25, 0.3) is 0 Å². The summed E-state index contributed by atoms with van der Waals surface area (Å²) in [4.78, 5) is 14.0. The lowest BCUT2D eigenvalue weighted by Crippen LogP contribution is -2.32. The molecule has 0 spiro atoms. The van der Waals surface area contributed by atoms with Gasteiger partial charge in [-0.25, -0.2) is 9.97 Å². The molecule has 1 saturated carbocycles. The molecular weight excluding hydrogens is 336 g/mol. The summed E-state index contributed by atoms with van der Waals surface area (Å²) in [7, 11) is 0. The third-order valence-corrected chi connectivity index (χ3v) is 5.90. The molecule has 2 aromatic rings. The van der Waals surface area contributed by atoms with Crippen LogP contribution in [0.3, 0.4) is 0 Å². The molecule has 1 aliphatic carbocycles. The summed E-state index contributed by atoms with van der Waals surface area (Å²) in [6.45, 7) is 5.50. The van der Waals surface area contributed by atoms with Crippen LogP contribution in [-0.4, -0.2) is 58.8 Å². The number of aliphatic hydroxyl groups excluding tert-OH is 1. The first kappa shape index (κ1) is 18.4. The maximum absolute atomic E-state index is 9.55. The van der Waals surface area contributed by atoms with Gasteiger partial charge in [-0.05, 0) is 50.8 Å². The van der Waals surface area contributed by atoms with E-state index in [0.29, 0.717) is 5.92 Å². The molecule has 2 aliphatic rings. The molecular formula is C22H30N4O. The molecule has 0 atom stereocenters. The lowest BCUT2D eigenvalue weighted by molar-refractivity contribution is 0.0732. The SMILES string of the molecule is OC1CC(c2cc(N3CCCN(CCCc4ccccc4)CC3)ncn2)C1. The van der Waals surface area contributed by atoms with E-state index in [1.54, 1.807) is 6.33 Å². The molecule has 2 fully saturated rings. The molecule has 5 heteroatoms. The zero-order valence-corrected chi connectivity index (χ0v) is 16.0. The number of benzene rings is 1. The number of nitrogens with zero attached hydrogens (tertiary/aromatic N) is 4. The number of anilines is 1. The van der Waals surface area contributed by atoms with Crippen LogP contribution in [0, 0.1) is 0 Å². The van der Waals surface area contributed by atoms with Gasteiger partial charge in [-0.15, -0.1) is 0 Å². The minimum atomic E-state index is -0.143. The Morgan fingerprint density at radius 2 is 1.85 bits per heavy atom. The van der Waals surface area contributed by atoms with Crippen molar-refractivity contribution in [2.45, 2.75) is 44.1 Å². The monoisotopic (exact) mass is 366 g/mol. The van der Waals surface area contributed by atoms with E-state index in [1.165, 1.54) is 18.4 Å². The van der Waals surface area contributed by atoms with E-state index >= 15 is 0 Å². The fraction of sp³-hybridized carbons (Fsp3) is 0.545. The predicted molar refractivity (Wildman–Crippen MR) is 108 cm³/mol. The normalized spacial score (nSPS) is 23.7. The summed E-state index contributed by atoms with van der Waals surface area (Å²) in [5, 5.41) is 9.55. The Labute approximate surface area is 162 Å². The maximum Gasteiger partial charge on any atom is 0.132 e. The highest BCUT2D eigenvalue weighted by molar-refractivity contribution is 5.40. The van der Waals surface area contributed by atoms with E-state index in [0.717, 1.165) is 63.5 Å². The Hall–Kier alpha value is -1.98. The number of rotatable bonds is 6. The van der Waals surface area contributed by atoms with E-state index in [-0.39, 0.29) is 6.10 Å². The Balaban J connectivity index is 1.27. The third kappa shape index (κ3) is 4.85. The molecule has 1 saturated heterocycles. The Morgan fingerprint density at radius 1 is 1.00 bits per heavy atom. The van der Waals surface area contributed by atoms with Crippen LogP contribution in [0.2, 0.25) is 0 Å². The molecule has 2 heterocycles. The fourth-order valence-electron chi connectivity index (χ4n) is 4.16. The van der Waals surface area contributed by atoms with Crippen LogP contribution in [0.5, 0.6) is 0 Å². The van der Waals surface area contributed by atoms with Crippen LogP contribution in [0.1, 0.15) is 42.9 Å². The van der Waals surface area contributed by atoms with Crippen molar-refractivity contribution < 1.29 is 5.11 Å². The number of aryl methyl sites for hydroxylation is 1. The summed E-state index contributed by atoms with van der Waals surface area (Å²) < 4.78 is 0. The second kappa shape index (κ2) is 8.81. The van der Waals surface area contributed by atoms with Crippen molar-refractivity contribution in [3.63, 3.8) is 0 Å². The molecule has 1 aromatic carbocycles. The first-order valence-electron chi connectivity index (χ1n) is 10.3. The first-order valence-corrected chi connectivity index (χ1v) is 10.3. The van der Waals surface area contributed by atoms with Gasteiger partial charge in [0.15, 0.2) is 0 Å². The summed E-state index contributed by atoms with van der Waals surface area (Å²) in [6.07, 6.45) is 6.77. The Bertz CT molecular complexity index is 717. The average molecular weight is 367 g/mol. The number of hydrogen-bond donors (Lipinski definition) is 1. The van der Waals surface area contributed by atoms with Gasteiger partial charge in [0.2, 0.25) is 0 Å². The molecule has 1 aliphatic heterocycles. The van der Waals surface area contributed by atoms with Crippen molar-refractivity contribution in [1.82, 2.24) is 14.9 Å². The molecule has 1 N–H and O–H groups in total. The largest absolute Gasteiger partial charge is 0.393 e. The quantitative estimate of drug-likeness (QED) is 0.852. The van der Waals surface area contributed by atoms with E-state index < -0.39 is 0 Å². The molecule has 0 unspecified atom stereocenters. The van der Waals surface area contributed by atoms with Crippen LogP contribution in [-0.2, 0) is 6.42 Å². The van der Waals surface area contributed by atoms with E-state index in [9.17, 15) is 5.11 Å². The van der Waals surface area contributed by atoms with Gasteiger partial charge < -0.3 is 14.9 Å². The van der Waals surface area contributed by atoms with Crippen LogP contribution >= 0.6 is 0 Å². The maximum atomic E-state index is 9.55. The average Bonchev–Trinajstić information content (AvgIpc) is 2.92. The summed E-state index contributed by atoms with van der Waals surface area (Å²) in [5.41, 5.74) is 2.53. The number of aromatic nitrogens is 2. The van der Waals surface area contributed by atoms with Crippen LogP contribution in [0.4, 0.5) is 5.82 Å². The lowest BCUT2D eigenvalue weighted by Gasteiger charge is -2.31. The van der Waals surface area contributed by atoms with E-state index in [1.807, 2.05) is 0 Å². The molecule has 1 aromatic heterocycles. The molecule has 5 nitrogen and oxygen atoms in total. The highest BCUT2D eigenvalue weighted by atomic mass is 16.3. The predicted octanol–water partition coefficient (Wildman–Crippen LogP) is 2.86. The highest BCUT2D eigenvalue weighted by Crippen LogP contribution is 2.36. The molecule has 27 heavy (non-hydrogen) atoms. The van der Waals surface area contributed by atoms with Gasteiger partial charge in [0.05, 0.1) is 6.10 Å². The van der Waals surface area contributed by atoms with Crippen LogP contribution in [0.15, 0.2) is 42.7 Å². The van der Waals surface area contributed by atoms with E-state index in [2.05, 4.69) is 56.2 Å².